The lowest BCUT2D eigenvalue weighted by atomic mass is 9.76. The Balaban J connectivity index is 1.88. The van der Waals surface area contributed by atoms with Crippen LogP contribution >= 0.6 is 0 Å². The zero-order valence-corrected chi connectivity index (χ0v) is 11.4. The third kappa shape index (κ3) is 2.46. The van der Waals surface area contributed by atoms with Crippen molar-refractivity contribution in [2.45, 2.75) is 37.6 Å². The first kappa shape index (κ1) is 12.9. The molecular formula is C16H19N3O. The number of nitrogens with one attached hydrogen (secondary N) is 2. The van der Waals surface area contributed by atoms with Gasteiger partial charge in [0.2, 0.25) is 0 Å². The zero-order valence-electron chi connectivity index (χ0n) is 11.4. The second-order valence-electron chi connectivity index (χ2n) is 5.40. The zero-order chi connectivity index (χ0) is 13.8. The fourth-order valence-corrected chi connectivity index (χ4v) is 3.06. The van der Waals surface area contributed by atoms with Crippen molar-refractivity contribution in [3.8, 4) is 0 Å². The number of imidazole rings is 1. The SMILES string of the molecule is O=C(NC1(c2ccccc2)CCCCC1)c1ncc[nH]1. The van der Waals surface area contributed by atoms with Crippen molar-refractivity contribution in [2.24, 2.45) is 0 Å². The highest BCUT2D eigenvalue weighted by Gasteiger charge is 2.35. The average molecular weight is 269 g/mol. The maximum atomic E-state index is 12.3. The monoisotopic (exact) mass is 269 g/mol. The van der Waals surface area contributed by atoms with Gasteiger partial charge in [-0.25, -0.2) is 4.98 Å². The molecule has 2 N–H and O–H groups in total. The summed E-state index contributed by atoms with van der Waals surface area (Å²) >= 11 is 0. The van der Waals surface area contributed by atoms with Gasteiger partial charge in [-0.3, -0.25) is 4.79 Å². The fraction of sp³-hybridized carbons (Fsp3) is 0.375. The minimum atomic E-state index is -0.247. The van der Waals surface area contributed by atoms with E-state index in [1.54, 1.807) is 12.4 Å². The summed E-state index contributed by atoms with van der Waals surface area (Å²) in [5.74, 6) is 0.256. The van der Waals surface area contributed by atoms with Crippen molar-refractivity contribution in [2.75, 3.05) is 0 Å². The summed E-state index contributed by atoms with van der Waals surface area (Å²) in [5.41, 5.74) is 0.947. The summed E-state index contributed by atoms with van der Waals surface area (Å²) in [4.78, 5) is 19.3. The number of hydrogen-bond acceptors (Lipinski definition) is 2. The smallest absolute Gasteiger partial charge is 0.287 e. The van der Waals surface area contributed by atoms with E-state index in [0.29, 0.717) is 5.82 Å². The number of amides is 1. The molecule has 1 aromatic heterocycles. The summed E-state index contributed by atoms with van der Waals surface area (Å²) in [7, 11) is 0. The third-order valence-electron chi connectivity index (χ3n) is 4.10. The molecule has 0 atom stereocenters. The van der Waals surface area contributed by atoms with Crippen LogP contribution in [0.2, 0.25) is 0 Å². The Kier molecular flexibility index (Phi) is 3.54. The molecule has 0 aliphatic heterocycles. The molecule has 1 aliphatic carbocycles. The van der Waals surface area contributed by atoms with Gasteiger partial charge in [0.25, 0.3) is 5.91 Å². The van der Waals surface area contributed by atoms with Crippen molar-refractivity contribution in [3.05, 3.63) is 54.1 Å². The number of aromatic nitrogens is 2. The predicted octanol–water partition coefficient (Wildman–Crippen LogP) is 3.00. The van der Waals surface area contributed by atoms with Crippen LogP contribution in [-0.2, 0) is 5.54 Å². The molecule has 0 spiro atoms. The molecule has 1 heterocycles. The number of aromatic amines is 1. The first-order chi connectivity index (χ1) is 9.80. The molecule has 2 aromatic rings. The molecule has 0 saturated heterocycles. The van der Waals surface area contributed by atoms with E-state index >= 15 is 0 Å². The number of nitrogens with zero attached hydrogens (tertiary/aromatic N) is 1. The van der Waals surface area contributed by atoms with Gasteiger partial charge in [-0.1, -0.05) is 49.6 Å². The molecule has 1 amide bonds. The van der Waals surface area contributed by atoms with Gasteiger partial charge < -0.3 is 10.3 Å². The van der Waals surface area contributed by atoms with Crippen molar-refractivity contribution in [3.63, 3.8) is 0 Å². The first-order valence-electron chi connectivity index (χ1n) is 7.18. The van der Waals surface area contributed by atoms with Crippen LogP contribution in [0.3, 0.4) is 0 Å². The van der Waals surface area contributed by atoms with Crippen molar-refractivity contribution in [1.82, 2.24) is 15.3 Å². The summed E-state index contributed by atoms with van der Waals surface area (Å²) < 4.78 is 0. The van der Waals surface area contributed by atoms with Gasteiger partial charge in [0, 0.05) is 12.4 Å². The van der Waals surface area contributed by atoms with Gasteiger partial charge in [0.1, 0.15) is 0 Å². The van der Waals surface area contributed by atoms with Crippen LogP contribution in [0.25, 0.3) is 0 Å². The highest BCUT2D eigenvalue weighted by molar-refractivity contribution is 5.91. The van der Waals surface area contributed by atoms with Gasteiger partial charge in [0.15, 0.2) is 5.82 Å². The summed E-state index contributed by atoms with van der Waals surface area (Å²) in [6, 6.07) is 10.3. The lowest BCUT2D eigenvalue weighted by Crippen LogP contribution is -2.47. The Morgan fingerprint density at radius 3 is 2.55 bits per heavy atom. The lowest BCUT2D eigenvalue weighted by molar-refractivity contribution is 0.0856. The van der Waals surface area contributed by atoms with Gasteiger partial charge >= 0.3 is 0 Å². The van der Waals surface area contributed by atoms with E-state index in [9.17, 15) is 4.79 Å². The van der Waals surface area contributed by atoms with Crippen molar-refractivity contribution < 1.29 is 4.79 Å². The largest absolute Gasteiger partial charge is 0.341 e. The van der Waals surface area contributed by atoms with Crippen LogP contribution in [-0.4, -0.2) is 15.9 Å². The highest BCUT2D eigenvalue weighted by Crippen LogP contribution is 2.37. The maximum Gasteiger partial charge on any atom is 0.287 e. The molecule has 1 aliphatic rings. The van der Waals surface area contributed by atoms with E-state index in [1.807, 2.05) is 18.2 Å². The minimum Gasteiger partial charge on any atom is -0.341 e. The summed E-state index contributed by atoms with van der Waals surface area (Å²) in [5, 5.41) is 3.22. The van der Waals surface area contributed by atoms with Crippen LogP contribution in [0, 0.1) is 0 Å². The summed E-state index contributed by atoms with van der Waals surface area (Å²) in [6.07, 6.45) is 8.79. The number of H-pyrrole nitrogens is 1. The first-order valence-corrected chi connectivity index (χ1v) is 7.18. The van der Waals surface area contributed by atoms with E-state index < -0.39 is 0 Å². The second kappa shape index (κ2) is 5.49. The molecular weight excluding hydrogens is 250 g/mol. The molecule has 0 unspecified atom stereocenters. The van der Waals surface area contributed by atoms with Crippen LogP contribution in [0.1, 0.15) is 48.3 Å². The van der Waals surface area contributed by atoms with Crippen LogP contribution in [0.5, 0.6) is 0 Å². The molecule has 4 heteroatoms. The molecule has 4 nitrogen and oxygen atoms in total. The van der Waals surface area contributed by atoms with E-state index in [-0.39, 0.29) is 11.4 Å². The topological polar surface area (TPSA) is 57.8 Å². The third-order valence-corrected chi connectivity index (χ3v) is 4.10. The molecule has 0 radical (unpaired) electrons. The van der Waals surface area contributed by atoms with E-state index in [2.05, 4.69) is 27.4 Å². The van der Waals surface area contributed by atoms with Crippen molar-refractivity contribution >= 4 is 5.91 Å². The fourth-order valence-electron chi connectivity index (χ4n) is 3.06. The van der Waals surface area contributed by atoms with E-state index in [1.165, 1.54) is 12.0 Å². The molecule has 20 heavy (non-hydrogen) atoms. The molecule has 104 valence electrons. The Bertz CT molecular complexity index is 557. The molecule has 1 aromatic carbocycles. The van der Waals surface area contributed by atoms with Crippen molar-refractivity contribution in [1.29, 1.82) is 0 Å². The number of carbonyl (C=O) groups is 1. The minimum absolute atomic E-state index is 0.124. The van der Waals surface area contributed by atoms with Gasteiger partial charge in [0.05, 0.1) is 5.54 Å². The summed E-state index contributed by atoms with van der Waals surface area (Å²) in [6.45, 7) is 0. The van der Waals surface area contributed by atoms with Gasteiger partial charge in [-0.05, 0) is 18.4 Å². The van der Waals surface area contributed by atoms with Gasteiger partial charge in [-0.15, -0.1) is 0 Å². The number of rotatable bonds is 3. The quantitative estimate of drug-likeness (QED) is 0.900. The molecule has 1 saturated carbocycles. The van der Waals surface area contributed by atoms with Crippen LogP contribution in [0.15, 0.2) is 42.7 Å². The Hall–Kier alpha value is -2.10. The predicted molar refractivity (Wildman–Crippen MR) is 77.3 cm³/mol. The van der Waals surface area contributed by atoms with Crippen LogP contribution in [0.4, 0.5) is 0 Å². The second-order valence-corrected chi connectivity index (χ2v) is 5.40. The molecule has 0 bridgehead atoms. The Morgan fingerprint density at radius 2 is 1.90 bits per heavy atom. The molecule has 1 fully saturated rings. The number of carbonyl (C=O) groups excluding carboxylic acids is 1. The lowest BCUT2D eigenvalue weighted by Gasteiger charge is -2.38. The Morgan fingerprint density at radius 1 is 1.15 bits per heavy atom. The Labute approximate surface area is 118 Å². The standard InChI is InChI=1S/C16H19N3O/c20-15(14-17-11-12-18-14)19-16(9-5-2-6-10-16)13-7-3-1-4-8-13/h1,3-4,7-8,11-12H,2,5-6,9-10H2,(H,17,18)(H,19,20). The number of benzene rings is 1. The maximum absolute atomic E-state index is 12.3. The normalized spacial score (nSPS) is 17.6. The van der Waals surface area contributed by atoms with Gasteiger partial charge in [-0.2, -0.15) is 0 Å². The molecule has 3 rings (SSSR count). The average Bonchev–Trinajstić information content (AvgIpc) is 3.03. The highest BCUT2D eigenvalue weighted by atomic mass is 16.2. The number of hydrogen-bond donors (Lipinski definition) is 2. The van der Waals surface area contributed by atoms with E-state index in [4.69, 9.17) is 0 Å². The van der Waals surface area contributed by atoms with E-state index in [0.717, 1.165) is 25.7 Å². The van der Waals surface area contributed by atoms with Crippen LogP contribution < -0.4 is 5.32 Å².